The van der Waals surface area contributed by atoms with Crippen LogP contribution in [0.15, 0.2) is 189 Å². The van der Waals surface area contributed by atoms with Crippen molar-refractivity contribution in [3.05, 3.63) is 176 Å². The Labute approximate surface area is 343 Å². The third-order valence-corrected chi connectivity index (χ3v) is 14.8. The molecule has 6 heteroatoms. The standard InChI is InChI=1S/C54H29O5P/c1-4-19-42-36(10-1)39-16-7-13-33(51(39)57-42)30-22-24-49-45(26-30)55-47-28-32(35-15-9-18-41-38-12-3-6-21-44(38)59-53(35)41)29-48-54(47)60(49)50-25-23-31(27-46(50)56-48)34-14-8-17-40-37-11-2-5-20-43(37)58-52(34)40/h1-29H. The van der Waals surface area contributed by atoms with Gasteiger partial charge >= 0.3 is 0 Å². The second-order valence-electron chi connectivity index (χ2n) is 15.6. The molecule has 0 unspecified atom stereocenters. The highest BCUT2D eigenvalue weighted by atomic mass is 31.1. The first kappa shape index (κ1) is 32.4. The van der Waals surface area contributed by atoms with Gasteiger partial charge in [-0.1, -0.05) is 121 Å². The van der Waals surface area contributed by atoms with Crippen LogP contribution in [0.2, 0.25) is 0 Å². The van der Waals surface area contributed by atoms with Crippen molar-refractivity contribution in [1.29, 1.82) is 0 Å². The Morgan fingerprint density at radius 1 is 0.300 bits per heavy atom. The minimum atomic E-state index is -1.07. The predicted molar refractivity (Wildman–Crippen MR) is 243 cm³/mol. The van der Waals surface area contributed by atoms with Crippen molar-refractivity contribution in [2.24, 2.45) is 0 Å². The van der Waals surface area contributed by atoms with E-state index in [1.165, 1.54) is 0 Å². The van der Waals surface area contributed by atoms with E-state index in [4.69, 9.17) is 22.7 Å². The molecule has 3 aromatic heterocycles. The fraction of sp³-hybridized carbons (Fsp3) is 0. The smallest absolute Gasteiger partial charge is 0.143 e. The van der Waals surface area contributed by atoms with Gasteiger partial charge in [-0.15, -0.1) is 0 Å². The molecular weight excluding hydrogens is 760 g/mol. The van der Waals surface area contributed by atoms with Crippen LogP contribution < -0.4 is 25.4 Å². The largest absolute Gasteiger partial charge is 0.456 e. The van der Waals surface area contributed by atoms with Crippen LogP contribution in [0.3, 0.4) is 0 Å². The molecule has 0 saturated heterocycles. The average Bonchev–Trinajstić information content (AvgIpc) is 4.00. The Kier molecular flexibility index (Phi) is 6.47. The van der Waals surface area contributed by atoms with E-state index < -0.39 is 7.92 Å². The minimum Gasteiger partial charge on any atom is -0.456 e. The van der Waals surface area contributed by atoms with Gasteiger partial charge in [0.2, 0.25) is 0 Å². The highest BCUT2D eigenvalue weighted by Gasteiger charge is 2.38. The van der Waals surface area contributed by atoms with E-state index in [1.54, 1.807) is 0 Å². The summed E-state index contributed by atoms with van der Waals surface area (Å²) in [5.74, 6) is 3.23. The molecule has 60 heavy (non-hydrogen) atoms. The molecule has 0 N–H and O–H groups in total. The van der Waals surface area contributed by atoms with Crippen LogP contribution in [0, 0.1) is 0 Å². The lowest BCUT2D eigenvalue weighted by molar-refractivity contribution is 0.467. The second kappa shape index (κ2) is 12.0. The molecule has 0 radical (unpaired) electrons. The second-order valence-corrected chi connectivity index (χ2v) is 17.6. The zero-order chi connectivity index (χ0) is 39.1. The molecule has 0 aliphatic carbocycles. The number of hydrogen-bond donors (Lipinski definition) is 0. The van der Waals surface area contributed by atoms with Crippen molar-refractivity contribution in [1.82, 2.24) is 0 Å². The maximum Gasteiger partial charge on any atom is 0.143 e. The molecule has 0 saturated carbocycles. The molecule has 12 aromatic rings. The molecule has 2 aliphatic rings. The normalized spacial score (nSPS) is 13.2. The minimum absolute atomic E-state index is 0.787. The molecule has 0 fully saturated rings. The molecule has 0 spiro atoms. The maximum absolute atomic E-state index is 7.04. The van der Waals surface area contributed by atoms with Gasteiger partial charge in [0.15, 0.2) is 0 Å². The van der Waals surface area contributed by atoms with E-state index in [2.05, 4.69) is 140 Å². The van der Waals surface area contributed by atoms with Crippen molar-refractivity contribution in [3.8, 4) is 56.4 Å². The maximum atomic E-state index is 7.04. The molecular formula is C54H29O5P. The fourth-order valence-electron chi connectivity index (χ4n) is 9.54. The van der Waals surface area contributed by atoms with Crippen LogP contribution in [-0.4, -0.2) is 0 Å². The number of ether oxygens (including phenoxy) is 2. The van der Waals surface area contributed by atoms with Crippen molar-refractivity contribution in [2.45, 2.75) is 0 Å². The number of benzene rings is 9. The lowest BCUT2D eigenvalue weighted by Gasteiger charge is -2.35. The topological polar surface area (TPSA) is 57.9 Å². The number of para-hydroxylation sites is 6. The van der Waals surface area contributed by atoms with E-state index >= 15 is 0 Å². The SMILES string of the molecule is c1ccc2c(c1)oc1c(-c3ccc4c(c3)Oc3cc(-c5cccc6c5oc5ccccc56)cc5c3P4c3ccc(-c4cccc6c4oc4ccccc46)cc3O5)cccc12. The van der Waals surface area contributed by atoms with Gasteiger partial charge in [-0.2, -0.15) is 0 Å². The van der Waals surface area contributed by atoms with Gasteiger partial charge < -0.3 is 22.7 Å². The molecule has 280 valence electrons. The Balaban J connectivity index is 0.975. The summed E-state index contributed by atoms with van der Waals surface area (Å²) in [6.45, 7) is 0. The first-order valence-corrected chi connectivity index (χ1v) is 21.4. The summed E-state index contributed by atoms with van der Waals surface area (Å²) in [6.07, 6.45) is 0. The Morgan fingerprint density at radius 3 is 1.10 bits per heavy atom. The third-order valence-electron chi connectivity index (χ3n) is 12.3. The molecule has 9 aromatic carbocycles. The summed E-state index contributed by atoms with van der Waals surface area (Å²) >= 11 is 0. The van der Waals surface area contributed by atoms with E-state index in [9.17, 15) is 0 Å². The molecule has 14 rings (SSSR count). The van der Waals surface area contributed by atoms with Gasteiger partial charge in [-0.3, -0.25) is 0 Å². The van der Waals surface area contributed by atoms with E-state index in [0.717, 1.165) is 138 Å². The van der Waals surface area contributed by atoms with E-state index in [0.29, 0.717) is 0 Å². The number of furan rings is 3. The Bertz CT molecular complexity index is 3620. The highest BCUT2D eigenvalue weighted by Crippen LogP contribution is 2.55. The van der Waals surface area contributed by atoms with Crippen LogP contribution in [0.1, 0.15) is 0 Å². The van der Waals surface area contributed by atoms with Crippen molar-refractivity contribution >= 4 is 89.7 Å². The van der Waals surface area contributed by atoms with Gasteiger partial charge in [-0.25, -0.2) is 0 Å². The molecule has 0 bridgehead atoms. The first-order valence-electron chi connectivity index (χ1n) is 20.1. The zero-order valence-electron chi connectivity index (χ0n) is 31.7. The van der Waals surface area contributed by atoms with Gasteiger partial charge in [0.05, 0.1) is 5.30 Å². The fourth-order valence-corrected chi connectivity index (χ4v) is 12.1. The average molecular weight is 789 g/mol. The quantitative estimate of drug-likeness (QED) is 0.167. The predicted octanol–water partition coefficient (Wildman–Crippen LogP) is 14.4. The summed E-state index contributed by atoms with van der Waals surface area (Å²) in [5.41, 5.74) is 11.2. The number of fused-ring (bicyclic) bond motifs is 13. The first-order chi connectivity index (χ1) is 29.7. The van der Waals surface area contributed by atoms with E-state index in [-0.39, 0.29) is 0 Å². The van der Waals surface area contributed by atoms with Gasteiger partial charge in [0, 0.05) is 67.5 Å². The van der Waals surface area contributed by atoms with Crippen molar-refractivity contribution in [2.75, 3.05) is 0 Å². The highest BCUT2D eigenvalue weighted by molar-refractivity contribution is 7.80. The van der Waals surface area contributed by atoms with Gasteiger partial charge in [0.1, 0.15) is 56.5 Å². The van der Waals surface area contributed by atoms with Crippen molar-refractivity contribution < 1.29 is 22.7 Å². The number of hydrogen-bond acceptors (Lipinski definition) is 5. The van der Waals surface area contributed by atoms with E-state index in [1.807, 2.05) is 36.4 Å². The van der Waals surface area contributed by atoms with Crippen LogP contribution in [-0.2, 0) is 0 Å². The van der Waals surface area contributed by atoms with Gasteiger partial charge in [0.25, 0.3) is 0 Å². The van der Waals surface area contributed by atoms with Crippen molar-refractivity contribution in [3.63, 3.8) is 0 Å². The molecule has 0 amide bonds. The number of rotatable bonds is 3. The molecule has 5 nitrogen and oxygen atoms in total. The molecule has 2 aliphatic heterocycles. The lowest BCUT2D eigenvalue weighted by Crippen LogP contribution is -2.32. The Hall–Kier alpha value is -7.59. The summed E-state index contributed by atoms with van der Waals surface area (Å²) in [5, 5.41) is 9.92. The summed E-state index contributed by atoms with van der Waals surface area (Å²) in [6, 6.07) is 61.3. The summed E-state index contributed by atoms with van der Waals surface area (Å²) < 4.78 is 33.6. The summed E-state index contributed by atoms with van der Waals surface area (Å²) in [7, 11) is -1.07. The monoisotopic (exact) mass is 788 g/mol. The Morgan fingerprint density at radius 2 is 0.667 bits per heavy atom. The van der Waals surface area contributed by atoms with Crippen LogP contribution >= 0.6 is 7.92 Å². The molecule has 0 atom stereocenters. The van der Waals surface area contributed by atoms with Crippen LogP contribution in [0.4, 0.5) is 0 Å². The lowest BCUT2D eigenvalue weighted by atomic mass is 10.0. The zero-order valence-corrected chi connectivity index (χ0v) is 32.6. The third kappa shape index (κ3) is 4.50. The summed E-state index contributed by atoms with van der Waals surface area (Å²) in [4.78, 5) is 0. The van der Waals surface area contributed by atoms with Gasteiger partial charge in [-0.05, 0) is 71.3 Å². The molecule has 5 heterocycles. The van der Waals surface area contributed by atoms with Crippen LogP contribution in [0.5, 0.6) is 23.0 Å². The van der Waals surface area contributed by atoms with Crippen LogP contribution in [0.25, 0.3) is 99.2 Å².